The van der Waals surface area contributed by atoms with Crippen LogP contribution >= 0.6 is 12.4 Å². The SMILES string of the molecule is Cc1cc(C)c(NC(=O)CN(C)C(=O)[C@@H]2CCC[C@@H]2CN)c(C)c1.Cl. The van der Waals surface area contributed by atoms with Gasteiger partial charge in [0.05, 0.1) is 6.54 Å². The van der Waals surface area contributed by atoms with Gasteiger partial charge in [0, 0.05) is 18.7 Å². The highest BCUT2D eigenvalue weighted by Crippen LogP contribution is 2.32. The number of nitrogens with two attached hydrogens (primary N) is 1. The number of carbonyl (C=O) groups is 2. The number of halogens is 1. The minimum Gasteiger partial charge on any atom is -0.336 e. The van der Waals surface area contributed by atoms with E-state index in [1.807, 2.05) is 32.9 Å². The van der Waals surface area contributed by atoms with Gasteiger partial charge in [-0.1, -0.05) is 24.1 Å². The van der Waals surface area contributed by atoms with Crippen LogP contribution in [0.3, 0.4) is 0 Å². The van der Waals surface area contributed by atoms with Crippen molar-refractivity contribution in [1.29, 1.82) is 0 Å². The summed E-state index contributed by atoms with van der Waals surface area (Å²) >= 11 is 0. The molecule has 0 unspecified atom stereocenters. The third-order valence-corrected chi connectivity index (χ3v) is 4.98. The fourth-order valence-electron chi connectivity index (χ4n) is 3.78. The molecule has 1 fully saturated rings. The predicted molar refractivity (Wildman–Crippen MR) is 104 cm³/mol. The van der Waals surface area contributed by atoms with E-state index in [1.165, 1.54) is 10.5 Å². The van der Waals surface area contributed by atoms with Gasteiger partial charge in [-0.05, 0) is 57.2 Å². The number of aryl methyl sites for hydroxylation is 3. The van der Waals surface area contributed by atoms with E-state index in [9.17, 15) is 9.59 Å². The van der Waals surface area contributed by atoms with Crippen LogP contribution in [0.15, 0.2) is 12.1 Å². The number of anilines is 1. The molecule has 1 aliphatic rings. The van der Waals surface area contributed by atoms with Gasteiger partial charge >= 0.3 is 0 Å². The zero-order valence-corrected chi connectivity index (χ0v) is 16.4. The first-order valence-electron chi connectivity index (χ1n) is 8.66. The molecule has 2 rings (SSSR count). The second-order valence-corrected chi connectivity index (χ2v) is 7.05. The van der Waals surface area contributed by atoms with Gasteiger partial charge in [-0.2, -0.15) is 0 Å². The van der Waals surface area contributed by atoms with Crippen LogP contribution in [-0.2, 0) is 9.59 Å². The molecule has 0 saturated heterocycles. The number of nitrogens with zero attached hydrogens (tertiary/aromatic N) is 1. The highest BCUT2D eigenvalue weighted by molar-refractivity contribution is 5.96. The number of benzene rings is 1. The molecule has 1 saturated carbocycles. The molecule has 1 aliphatic carbocycles. The number of carbonyl (C=O) groups excluding carboxylic acids is 2. The number of amides is 2. The minimum atomic E-state index is -0.164. The van der Waals surface area contributed by atoms with Crippen molar-refractivity contribution in [3.63, 3.8) is 0 Å². The van der Waals surface area contributed by atoms with Crippen molar-refractivity contribution in [1.82, 2.24) is 4.90 Å². The molecule has 0 heterocycles. The summed E-state index contributed by atoms with van der Waals surface area (Å²) in [5, 5.41) is 2.95. The molecule has 2 atom stereocenters. The van der Waals surface area contributed by atoms with E-state index in [-0.39, 0.29) is 42.6 Å². The number of hydrogen-bond donors (Lipinski definition) is 2. The molecule has 5 nitrogen and oxygen atoms in total. The molecule has 1 aromatic carbocycles. The number of rotatable bonds is 5. The van der Waals surface area contributed by atoms with Crippen molar-refractivity contribution in [2.24, 2.45) is 17.6 Å². The van der Waals surface area contributed by atoms with E-state index in [2.05, 4.69) is 5.32 Å². The lowest BCUT2D eigenvalue weighted by molar-refractivity contribution is -0.137. The first-order valence-corrected chi connectivity index (χ1v) is 8.66. The lowest BCUT2D eigenvalue weighted by Gasteiger charge is -2.24. The topological polar surface area (TPSA) is 75.4 Å². The first-order chi connectivity index (χ1) is 11.3. The number of hydrogen-bond acceptors (Lipinski definition) is 3. The molecule has 6 heteroatoms. The summed E-state index contributed by atoms with van der Waals surface area (Å²) in [4.78, 5) is 26.5. The van der Waals surface area contributed by atoms with E-state index < -0.39 is 0 Å². The molecular formula is C19H30ClN3O2. The Morgan fingerprint density at radius 2 is 1.80 bits per heavy atom. The Hall–Kier alpha value is -1.59. The maximum atomic E-state index is 12.6. The lowest BCUT2D eigenvalue weighted by Crippen LogP contribution is -2.40. The summed E-state index contributed by atoms with van der Waals surface area (Å²) in [7, 11) is 1.70. The van der Waals surface area contributed by atoms with Gasteiger partial charge in [0.25, 0.3) is 0 Å². The summed E-state index contributed by atoms with van der Waals surface area (Å²) in [5.41, 5.74) is 9.84. The summed E-state index contributed by atoms with van der Waals surface area (Å²) in [5.74, 6) is 0.0962. The summed E-state index contributed by atoms with van der Waals surface area (Å²) < 4.78 is 0. The molecule has 1 aromatic rings. The van der Waals surface area contributed by atoms with Crippen molar-refractivity contribution >= 4 is 29.9 Å². The Kier molecular flexibility index (Phi) is 7.90. The van der Waals surface area contributed by atoms with Crippen LogP contribution in [0.5, 0.6) is 0 Å². The van der Waals surface area contributed by atoms with Gasteiger partial charge in [-0.25, -0.2) is 0 Å². The van der Waals surface area contributed by atoms with E-state index in [1.54, 1.807) is 7.05 Å². The second kappa shape index (κ2) is 9.20. The molecule has 25 heavy (non-hydrogen) atoms. The Balaban J connectivity index is 0.00000312. The van der Waals surface area contributed by atoms with Crippen LogP contribution < -0.4 is 11.1 Å². The van der Waals surface area contributed by atoms with Crippen LogP contribution in [0.4, 0.5) is 5.69 Å². The molecular weight excluding hydrogens is 338 g/mol. The van der Waals surface area contributed by atoms with Crippen LogP contribution in [0.2, 0.25) is 0 Å². The standard InChI is InChI=1S/C19H29N3O2.ClH/c1-12-8-13(2)18(14(3)9-12)21-17(23)11-22(4)19(24)16-7-5-6-15(16)10-20;/h8-9,15-16H,5-7,10-11,20H2,1-4H3,(H,21,23);1H/t15-,16-;/m1./s1. The molecule has 0 bridgehead atoms. The average molecular weight is 368 g/mol. The maximum absolute atomic E-state index is 12.6. The second-order valence-electron chi connectivity index (χ2n) is 7.05. The lowest BCUT2D eigenvalue weighted by atomic mass is 9.95. The number of nitrogens with one attached hydrogen (secondary N) is 1. The zero-order valence-electron chi connectivity index (χ0n) is 15.6. The third-order valence-electron chi connectivity index (χ3n) is 4.98. The van der Waals surface area contributed by atoms with Gasteiger partial charge < -0.3 is 16.0 Å². The summed E-state index contributed by atoms with van der Waals surface area (Å²) in [6, 6.07) is 4.09. The van der Waals surface area contributed by atoms with Gasteiger partial charge in [-0.15, -0.1) is 12.4 Å². The Morgan fingerprint density at radius 3 is 2.36 bits per heavy atom. The average Bonchev–Trinajstić information content (AvgIpc) is 2.98. The Labute approximate surface area is 156 Å². The van der Waals surface area contributed by atoms with Crippen LogP contribution in [0.25, 0.3) is 0 Å². The van der Waals surface area contributed by atoms with Crippen LogP contribution in [0, 0.1) is 32.6 Å². The molecule has 2 amide bonds. The van der Waals surface area contributed by atoms with E-state index in [0.29, 0.717) is 6.54 Å². The highest BCUT2D eigenvalue weighted by Gasteiger charge is 2.34. The first kappa shape index (κ1) is 21.5. The normalized spacial score (nSPS) is 19.2. The summed E-state index contributed by atoms with van der Waals surface area (Å²) in [6.45, 7) is 6.61. The highest BCUT2D eigenvalue weighted by atomic mass is 35.5. The van der Waals surface area contributed by atoms with E-state index in [4.69, 9.17) is 5.73 Å². The summed E-state index contributed by atoms with van der Waals surface area (Å²) in [6.07, 6.45) is 2.93. The van der Waals surface area contributed by atoms with E-state index >= 15 is 0 Å². The van der Waals surface area contributed by atoms with Crippen molar-refractivity contribution in [2.75, 3.05) is 25.5 Å². The Morgan fingerprint density at radius 1 is 1.20 bits per heavy atom. The van der Waals surface area contributed by atoms with Crippen molar-refractivity contribution in [3.05, 3.63) is 28.8 Å². The quantitative estimate of drug-likeness (QED) is 0.840. The van der Waals surface area contributed by atoms with Crippen molar-refractivity contribution in [2.45, 2.75) is 40.0 Å². The largest absolute Gasteiger partial charge is 0.336 e. The predicted octanol–water partition coefficient (Wildman–Crippen LogP) is 2.81. The maximum Gasteiger partial charge on any atom is 0.243 e. The van der Waals surface area contributed by atoms with E-state index in [0.717, 1.165) is 36.1 Å². The van der Waals surface area contributed by atoms with Gasteiger partial charge in [0.2, 0.25) is 11.8 Å². The number of likely N-dealkylation sites (N-methyl/N-ethyl adjacent to an activating group) is 1. The molecule has 3 N–H and O–H groups in total. The molecule has 0 radical (unpaired) electrons. The van der Waals surface area contributed by atoms with Gasteiger partial charge in [0.1, 0.15) is 0 Å². The minimum absolute atomic E-state index is 0. The van der Waals surface area contributed by atoms with Crippen molar-refractivity contribution in [3.8, 4) is 0 Å². The van der Waals surface area contributed by atoms with Crippen LogP contribution in [0.1, 0.15) is 36.0 Å². The molecule has 0 aromatic heterocycles. The monoisotopic (exact) mass is 367 g/mol. The van der Waals surface area contributed by atoms with Gasteiger partial charge in [0.15, 0.2) is 0 Å². The smallest absolute Gasteiger partial charge is 0.243 e. The Bertz CT molecular complexity index is 610. The zero-order chi connectivity index (χ0) is 17.9. The fourth-order valence-corrected chi connectivity index (χ4v) is 3.78. The molecule has 140 valence electrons. The van der Waals surface area contributed by atoms with Crippen molar-refractivity contribution < 1.29 is 9.59 Å². The van der Waals surface area contributed by atoms with Gasteiger partial charge in [-0.3, -0.25) is 9.59 Å². The van der Waals surface area contributed by atoms with Crippen LogP contribution in [-0.4, -0.2) is 36.9 Å². The third kappa shape index (κ3) is 5.19. The molecule has 0 aliphatic heterocycles. The fraction of sp³-hybridized carbons (Fsp3) is 0.579. The molecule has 0 spiro atoms.